The Balaban J connectivity index is 1.82. The van der Waals surface area contributed by atoms with E-state index >= 15 is 0 Å². The molecule has 0 aliphatic carbocycles. The molecule has 2 aromatic rings. The van der Waals surface area contributed by atoms with Crippen LogP contribution in [0.1, 0.15) is 43.6 Å². The largest absolute Gasteiger partial charge is 0.507 e. The minimum Gasteiger partial charge on any atom is -0.507 e. The normalized spacial score (nSPS) is 18.6. The first-order valence-electron chi connectivity index (χ1n) is 7.99. The Hall–Kier alpha value is -2.11. The Morgan fingerprint density at radius 1 is 0.917 bits per heavy atom. The van der Waals surface area contributed by atoms with Crippen LogP contribution >= 0.6 is 0 Å². The van der Waals surface area contributed by atoms with Crippen molar-refractivity contribution >= 4 is 18.4 Å². The van der Waals surface area contributed by atoms with Crippen LogP contribution in [0.2, 0.25) is 0 Å². The van der Waals surface area contributed by atoms with E-state index in [1.807, 2.05) is 39.8 Å². The molecular weight excluding hydrogens is 303 g/mol. The van der Waals surface area contributed by atoms with Crippen molar-refractivity contribution in [2.24, 2.45) is 0 Å². The van der Waals surface area contributed by atoms with Gasteiger partial charge in [0, 0.05) is 5.56 Å². The topological polar surface area (TPSA) is 55.8 Å². The highest BCUT2D eigenvalue weighted by Crippen LogP contribution is 2.36. The van der Waals surface area contributed by atoms with Crippen molar-refractivity contribution in [3.8, 4) is 5.75 Å². The zero-order valence-corrected chi connectivity index (χ0v) is 14.4. The van der Waals surface area contributed by atoms with Gasteiger partial charge in [-0.25, -0.2) is 0 Å². The lowest BCUT2D eigenvalue weighted by Gasteiger charge is -2.32. The van der Waals surface area contributed by atoms with E-state index in [0.717, 1.165) is 5.46 Å². The van der Waals surface area contributed by atoms with Gasteiger partial charge in [-0.05, 0) is 45.3 Å². The van der Waals surface area contributed by atoms with Gasteiger partial charge in [0.05, 0.1) is 16.8 Å². The number of phenolic OH excluding ortho intramolecular Hbond substituents is 1. The minimum atomic E-state index is -0.454. The van der Waals surface area contributed by atoms with E-state index < -0.39 is 18.3 Å². The zero-order valence-electron chi connectivity index (χ0n) is 14.4. The van der Waals surface area contributed by atoms with Crippen LogP contribution in [0.25, 0.3) is 0 Å². The van der Waals surface area contributed by atoms with Gasteiger partial charge >= 0.3 is 7.12 Å². The third kappa shape index (κ3) is 2.85. The summed E-state index contributed by atoms with van der Waals surface area (Å²) in [5, 5.41) is 9.82. The lowest BCUT2D eigenvalue weighted by atomic mass is 9.78. The summed E-state index contributed by atoms with van der Waals surface area (Å²) in [6.07, 6.45) is 0. The van der Waals surface area contributed by atoms with Crippen LogP contribution in [-0.2, 0) is 9.31 Å². The highest BCUT2D eigenvalue weighted by Gasteiger charge is 2.51. The highest BCUT2D eigenvalue weighted by atomic mass is 16.7. The SMILES string of the molecule is CC1(C)OB(c2ccc(C(=O)c3ccccc3O)cc2)OC1(C)C. The number of carbonyl (C=O) groups is 1. The fourth-order valence-electron chi connectivity index (χ4n) is 2.59. The Kier molecular flexibility index (Phi) is 4.02. The molecule has 124 valence electrons. The van der Waals surface area contributed by atoms with Crippen molar-refractivity contribution in [1.29, 1.82) is 0 Å². The molecule has 0 amide bonds. The fraction of sp³-hybridized carbons (Fsp3) is 0.316. The van der Waals surface area contributed by atoms with Gasteiger partial charge in [0.2, 0.25) is 0 Å². The Labute approximate surface area is 142 Å². The summed E-state index contributed by atoms with van der Waals surface area (Å²) < 4.78 is 12.0. The van der Waals surface area contributed by atoms with Gasteiger partial charge in [-0.3, -0.25) is 4.79 Å². The first-order chi connectivity index (χ1) is 11.2. The number of carbonyl (C=O) groups excluding carboxylic acids is 1. The van der Waals surface area contributed by atoms with Gasteiger partial charge < -0.3 is 14.4 Å². The van der Waals surface area contributed by atoms with Gasteiger partial charge in [-0.2, -0.15) is 0 Å². The first kappa shape index (κ1) is 16.7. The van der Waals surface area contributed by atoms with E-state index in [4.69, 9.17) is 9.31 Å². The molecule has 0 spiro atoms. The number of phenols is 1. The van der Waals surface area contributed by atoms with Crippen LogP contribution in [0.3, 0.4) is 0 Å². The number of hydrogen-bond acceptors (Lipinski definition) is 4. The van der Waals surface area contributed by atoms with Crippen molar-refractivity contribution in [2.75, 3.05) is 0 Å². The summed E-state index contributed by atoms with van der Waals surface area (Å²) in [6, 6.07) is 13.7. The summed E-state index contributed by atoms with van der Waals surface area (Å²) in [4.78, 5) is 12.5. The average Bonchev–Trinajstić information content (AvgIpc) is 2.75. The van der Waals surface area contributed by atoms with Gasteiger partial charge in [0.1, 0.15) is 5.75 Å². The summed E-state index contributed by atoms with van der Waals surface area (Å²) in [6.45, 7) is 8.01. The molecule has 0 bridgehead atoms. The van der Waals surface area contributed by atoms with Crippen molar-refractivity contribution in [3.05, 3.63) is 59.7 Å². The third-order valence-corrected chi connectivity index (χ3v) is 4.85. The van der Waals surface area contributed by atoms with Crippen molar-refractivity contribution < 1.29 is 19.2 Å². The lowest BCUT2D eigenvalue weighted by Crippen LogP contribution is -2.41. The van der Waals surface area contributed by atoms with Crippen LogP contribution < -0.4 is 5.46 Å². The van der Waals surface area contributed by atoms with Crippen molar-refractivity contribution in [1.82, 2.24) is 0 Å². The molecule has 24 heavy (non-hydrogen) atoms. The summed E-state index contributed by atoms with van der Waals surface area (Å²) in [7, 11) is -0.454. The number of rotatable bonds is 3. The second-order valence-corrected chi connectivity index (χ2v) is 7.06. The second-order valence-electron chi connectivity index (χ2n) is 7.06. The first-order valence-corrected chi connectivity index (χ1v) is 7.99. The standard InChI is InChI=1S/C19H21BO4/c1-18(2)19(3,4)24-20(23-18)14-11-9-13(10-12-14)17(22)15-7-5-6-8-16(15)21/h5-12,21H,1-4H3. The molecule has 0 atom stereocenters. The van der Waals surface area contributed by atoms with Gasteiger partial charge in [0.25, 0.3) is 0 Å². The van der Waals surface area contributed by atoms with Gasteiger partial charge in [0.15, 0.2) is 5.78 Å². The molecule has 0 aromatic heterocycles. The summed E-state index contributed by atoms with van der Waals surface area (Å²) in [5.74, 6) is -0.230. The number of hydrogen-bond donors (Lipinski definition) is 1. The van der Waals surface area contributed by atoms with E-state index in [1.165, 1.54) is 6.07 Å². The predicted molar refractivity (Wildman–Crippen MR) is 93.7 cm³/mol. The fourth-order valence-corrected chi connectivity index (χ4v) is 2.59. The summed E-state index contributed by atoms with van der Waals surface area (Å²) >= 11 is 0. The van der Waals surface area contributed by atoms with Crippen LogP contribution in [0.15, 0.2) is 48.5 Å². The molecule has 1 N–H and O–H groups in total. The van der Waals surface area contributed by atoms with E-state index in [2.05, 4.69) is 0 Å². The minimum absolute atomic E-state index is 0.0162. The second kappa shape index (κ2) is 5.76. The van der Waals surface area contributed by atoms with Crippen LogP contribution in [0, 0.1) is 0 Å². The third-order valence-electron chi connectivity index (χ3n) is 4.85. The molecule has 1 fully saturated rings. The Bertz CT molecular complexity index is 749. The molecule has 4 nitrogen and oxygen atoms in total. The van der Waals surface area contributed by atoms with Gasteiger partial charge in [-0.1, -0.05) is 36.4 Å². The maximum absolute atomic E-state index is 12.5. The number of benzene rings is 2. The van der Waals surface area contributed by atoms with Crippen molar-refractivity contribution in [2.45, 2.75) is 38.9 Å². The maximum Gasteiger partial charge on any atom is 0.494 e. The molecule has 2 aromatic carbocycles. The Morgan fingerprint density at radius 2 is 1.46 bits per heavy atom. The molecule has 5 heteroatoms. The van der Waals surface area contributed by atoms with Crippen LogP contribution in [-0.4, -0.2) is 29.2 Å². The zero-order chi connectivity index (χ0) is 17.5. The molecule has 1 saturated heterocycles. The number of para-hydroxylation sites is 1. The molecule has 0 saturated carbocycles. The predicted octanol–water partition coefficient (Wildman–Crippen LogP) is 2.92. The molecule has 3 rings (SSSR count). The molecular formula is C19H21BO4. The number of ketones is 1. The van der Waals surface area contributed by atoms with E-state index in [9.17, 15) is 9.90 Å². The lowest BCUT2D eigenvalue weighted by molar-refractivity contribution is 0.00578. The van der Waals surface area contributed by atoms with Crippen LogP contribution in [0.5, 0.6) is 5.75 Å². The molecule has 0 radical (unpaired) electrons. The summed E-state index contributed by atoms with van der Waals surface area (Å²) in [5.41, 5.74) is 0.865. The molecule has 1 heterocycles. The molecule has 1 aliphatic rings. The molecule has 0 unspecified atom stereocenters. The highest BCUT2D eigenvalue weighted by molar-refractivity contribution is 6.62. The average molecular weight is 324 g/mol. The van der Waals surface area contributed by atoms with E-state index in [-0.39, 0.29) is 11.5 Å². The van der Waals surface area contributed by atoms with E-state index in [1.54, 1.807) is 30.3 Å². The quantitative estimate of drug-likeness (QED) is 0.697. The molecule has 1 aliphatic heterocycles. The Morgan fingerprint density at radius 3 is 2.00 bits per heavy atom. The van der Waals surface area contributed by atoms with Gasteiger partial charge in [-0.15, -0.1) is 0 Å². The number of aromatic hydroxyl groups is 1. The maximum atomic E-state index is 12.5. The monoisotopic (exact) mass is 324 g/mol. The smallest absolute Gasteiger partial charge is 0.494 e. The van der Waals surface area contributed by atoms with E-state index in [0.29, 0.717) is 11.1 Å². The van der Waals surface area contributed by atoms with Crippen molar-refractivity contribution in [3.63, 3.8) is 0 Å². The van der Waals surface area contributed by atoms with Crippen LogP contribution in [0.4, 0.5) is 0 Å².